The summed E-state index contributed by atoms with van der Waals surface area (Å²) in [7, 11) is 0.805. The predicted molar refractivity (Wildman–Crippen MR) is 75.7 cm³/mol. The number of pyridine rings is 1. The van der Waals surface area contributed by atoms with Crippen LogP contribution in [0.2, 0.25) is 0 Å². The monoisotopic (exact) mass is 397 g/mol. The zero-order chi connectivity index (χ0) is 15.6. The molecule has 0 amide bonds. The molecule has 0 aliphatic rings. The van der Waals surface area contributed by atoms with E-state index in [0.717, 1.165) is 0 Å². The van der Waals surface area contributed by atoms with Crippen LogP contribution in [0.1, 0.15) is 5.56 Å². The molecule has 1 aromatic carbocycles. The summed E-state index contributed by atoms with van der Waals surface area (Å²) in [6, 6.07) is 2.77. The first kappa shape index (κ1) is 16.1. The lowest BCUT2D eigenvalue weighted by Gasteiger charge is -2.11. The van der Waals surface area contributed by atoms with Crippen LogP contribution < -0.4 is 4.74 Å². The topological polar surface area (TPSA) is 56.3 Å². The lowest BCUT2D eigenvalue weighted by molar-refractivity contribution is 0.280. The molecule has 0 radical (unpaired) electrons. The second-order valence-electron chi connectivity index (χ2n) is 3.95. The Kier molecular flexibility index (Phi) is 4.80. The Morgan fingerprint density at radius 1 is 1.24 bits per heavy atom. The van der Waals surface area contributed by atoms with Gasteiger partial charge in [-0.1, -0.05) is 0 Å². The van der Waals surface area contributed by atoms with Gasteiger partial charge in [-0.05, 0) is 28.1 Å². The van der Waals surface area contributed by atoms with E-state index in [2.05, 4.69) is 20.9 Å². The molecule has 1 heterocycles. The second kappa shape index (κ2) is 6.25. The Bertz CT molecular complexity index is 786. The van der Waals surface area contributed by atoms with Crippen LogP contribution in [0.5, 0.6) is 5.75 Å². The van der Waals surface area contributed by atoms with Crippen LogP contribution in [-0.2, 0) is 15.7 Å². The molecule has 21 heavy (non-hydrogen) atoms. The number of benzene rings is 1. The molecule has 1 aromatic heterocycles. The minimum Gasteiger partial charge on any atom is -0.484 e. The van der Waals surface area contributed by atoms with Crippen molar-refractivity contribution < 1.29 is 21.9 Å². The Balaban J connectivity index is 2.36. The molecular weight excluding hydrogens is 392 g/mol. The molecule has 0 saturated carbocycles. The number of ether oxygens (including phenoxy) is 1. The molecule has 9 heteroatoms. The van der Waals surface area contributed by atoms with Gasteiger partial charge in [0.05, 0.1) is 0 Å². The van der Waals surface area contributed by atoms with Crippen LogP contribution in [0.3, 0.4) is 0 Å². The molecular formula is C12H7BrClF2NO3S. The molecule has 0 aliphatic heterocycles. The van der Waals surface area contributed by atoms with E-state index in [4.69, 9.17) is 15.4 Å². The number of rotatable bonds is 4. The van der Waals surface area contributed by atoms with E-state index >= 15 is 0 Å². The molecule has 0 aliphatic carbocycles. The summed E-state index contributed by atoms with van der Waals surface area (Å²) in [5.74, 6) is -2.85. The quantitative estimate of drug-likeness (QED) is 0.738. The van der Waals surface area contributed by atoms with Gasteiger partial charge in [-0.3, -0.25) is 4.98 Å². The van der Waals surface area contributed by atoms with Crippen LogP contribution in [0.25, 0.3) is 0 Å². The molecule has 0 saturated heterocycles. The van der Waals surface area contributed by atoms with Gasteiger partial charge in [-0.25, -0.2) is 17.2 Å². The Labute approximate surface area is 132 Å². The van der Waals surface area contributed by atoms with E-state index in [9.17, 15) is 17.2 Å². The van der Waals surface area contributed by atoms with Crippen molar-refractivity contribution in [3.63, 3.8) is 0 Å². The Morgan fingerprint density at radius 2 is 1.95 bits per heavy atom. The fourth-order valence-electron chi connectivity index (χ4n) is 1.55. The third-order valence-corrected chi connectivity index (χ3v) is 4.14. The van der Waals surface area contributed by atoms with Gasteiger partial charge >= 0.3 is 0 Å². The second-order valence-corrected chi connectivity index (χ2v) is 7.40. The van der Waals surface area contributed by atoms with Crippen molar-refractivity contribution in [3.8, 4) is 5.75 Å². The Morgan fingerprint density at radius 3 is 2.57 bits per heavy atom. The maximum absolute atomic E-state index is 13.7. The SMILES string of the molecule is O=S(=O)(Cl)c1cc(F)cc(F)c1OCc1cncc(Br)c1. The van der Waals surface area contributed by atoms with Gasteiger partial charge in [0.15, 0.2) is 11.6 Å². The van der Waals surface area contributed by atoms with Gasteiger partial charge in [0, 0.05) is 39.2 Å². The Hall–Kier alpha value is -1.25. The molecule has 0 unspecified atom stereocenters. The van der Waals surface area contributed by atoms with E-state index < -0.39 is 31.3 Å². The van der Waals surface area contributed by atoms with Gasteiger partial charge in [-0.15, -0.1) is 0 Å². The summed E-state index contributed by atoms with van der Waals surface area (Å²) >= 11 is 3.20. The third kappa shape index (κ3) is 4.12. The van der Waals surface area contributed by atoms with Crippen molar-refractivity contribution in [3.05, 3.63) is 52.3 Å². The molecule has 0 N–H and O–H groups in total. The van der Waals surface area contributed by atoms with Crippen molar-refractivity contribution >= 4 is 35.7 Å². The van der Waals surface area contributed by atoms with Gasteiger partial charge in [0.1, 0.15) is 17.3 Å². The molecule has 0 bridgehead atoms. The number of aromatic nitrogens is 1. The molecule has 2 rings (SSSR count). The van der Waals surface area contributed by atoms with Crippen LogP contribution in [-0.4, -0.2) is 13.4 Å². The molecule has 0 spiro atoms. The first-order valence-corrected chi connectivity index (χ1v) is 8.53. The smallest absolute Gasteiger partial charge is 0.265 e. The van der Waals surface area contributed by atoms with E-state index in [-0.39, 0.29) is 6.61 Å². The van der Waals surface area contributed by atoms with Crippen LogP contribution in [0, 0.1) is 11.6 Å². The fourth-order valence-corrected chi connectivity index (χ4v) is 2.94. The highest BCUT2D eigenvalue weighted by atomic mass is 79.9. The normalized spacial score (nSPS) is 11.4. The summed E-state index contributed by atoms with van der Waals surface area (Å²) < 4.78 is 55.3. The average molecular weight is 399 g/mol. The summed E-state index contributed by atoms with van der Waals surface area (Å²) in [5.41, 5.74) is 0.561. The van der Waals surface area contributed by atoms with Crippen molar-refractivity contribution in [2.45, 2.75) is 11.5 Å². The maximum atomic E-state index is 13.7. The zero-order valence-corrected chi connectivity index (χ0v) is 13.3. The lowest BCUT2D eigenvalue weighted by atomic mass is 10.3. The highest BCUT2D eigenvalue weighted by Crippen LogP contribution is 2.31. The molecule has 2 aromatic rings. The van der Waals surface area contributed by atoms with Crippen molar-refractivity contribution in [2.24, 2.45) is 0 Å². The molecule has 0 fully saturated rings. The van der Waals surface area contributed by atoms with Gasteiger partial charge in [-0.2, -0.15) is 0 Å². The predicted octanol–water partition coefficient (Wildman–Crippen LogP) is 3.63. The van der Waals surface area contributed by atoms with E-state index in [1.165, 1.54) is 12.4 Å². The number of halogens is 4. The highest BCUT2D eigenvalue weighted by Gasteiger charge is 2.22. The number of hydrogen-bond donors (Lipinski definition) is 0. The number of hydrogen-bond acceptors (Lipinski definition) is 4. The van der Waals surface area contributed by atoms with E-state index in [1.54, 1.807) is 6.07 Å². The summed E-state index contributed by atoms with van der Waals surface area (Å²) in [6.45, 7) is -0.158. The first-order valence-electron chi connectivity index (χ1n) is 5.43. The van der Waals surface area contributed by atoms with E-state index in [1.807, 2.05) is 0 Å². The third-order valence-electron chi connectivity index (χ3n) is 2.38. The fraction of sp³-hybridized carbons (Fsp3) is 0.0833. The molecule has 112 valence electrons. The summed E-state index contributed by atoms with van der Waals surface area (Å²) in [5, 5.41) is 0. The standard InChI is InChI=1S/C12H7BrClF2NO3S/c13-8-1-7(4-17-5-8)6-20-12-10(16)2-9(15)3-11(12)21(14,18)19/h1-5H,6H2. The average Bonchev–Trinajstić information content (AvgIpc) is 2.36. The summed E-state index contributed by atoms with van der Waals surface area (Å²) in [6.07, 6.45) is 3.00. The van der Waals surface area contributed by atoms with E-state index in [0.29, 0.717) is 22.2 Å². The van der Waals surface area contributed by atoms with Crippen LogP contribution >= 0.6 is 26.6 Å². The van der Waals surface area contributed by atoms with Crippen molar-refractivity contribution in [1.82, 2.24) is 4.98 Å². The first-order chi connectivity index (χ1) is 9.77. The largest absolute Gasteiger partial charge is 0.484 e. The van der Waals surface area contributed by atoms with Crippen molar-refractivity contribution in [1.29, 1.82) is 0 Å². The van der Waals surface area contributed by atoms with Crippen molar-refractivity contribution in [2.75, 3.05) is 0 Å². The molecule has 4 nitrogen and oxygen atoms in total. The van der Waals surface area contributed by atoms with Crippen LogP contribution in [0.4, 0.5) is 8.78 Å². The lowest BCUT2D eigenvalue weighted by Crippen LogP contribution is -2.04. The minimum absolute atomic E-state index is 0.158. The number of nitrogens with zero attached hydrogens (tertiary/aromatic N) is 1. The van der Waals surface area contributed by atoms with Gasteiger partial charge < -0.3 is 4.74 Å². The highest BCUT2D eigenvalue weighted by molar-refractivity contribution is 9.10. The van der Waals surface area contributed by atoms with Gasteiger partial charge in [0.25, 0.3) is 9.05 Å². The molecule has 0 atom stereocenters. The van der Waals surface area contributed by atoms with Crippen LogP contribution in [0.15, 0.2) is 40.0 Å². The summed E-state index contributed by atoms with van der Waals surface area (Å²) in [4.78, 5) is 3.12. The maximum Gasteiger partial charge on any atom is 0.265 e. The van der Waals surface area contributed by atoms with Gasteiger partial charge in [0.2, 0.25) is 0 Å². The zero-order valence-electron chi connectivity index (χ0n) is 10.2. The minimum atomic E-state index is -4.35.